The summed E-state index contributed by atoms with van der Waals surface area (Å²) in [5, 5.41) is 0. The Morgan fingerprint density at radius 1 is 0.667 bits per heavy atom. The van der Waals surface area contributed by atoms with Crippen LogP contribution in [0.5, 0.6) is 0 Å². The number of rotatable bonds is 9. The van der Waals surface area contributed by atoms with E-state index in [-0.39, 0.29) is 0 Å². The van der Waals surface area contributed by atoms with E-state index in [9.17, 15) is 0 Å². The zero-order valence-electron chi connectivity index (χ0n) is 8.17. The maximum Gasteiger partial charge on any atom is 0.0700 e. The van der Waals surface area contributed by atoms with Crippen LogP contribution in [0.2, 0.25) is 0 Å². The summed E-state index contributed by atoms with van der Waals surface area (Å²) in [5.41, 5.74) is 0. The van der Waals surface area contributed by atoms with Gasteiger partial charge in [-0.2, -0.15) is 0 Å². The summed E-state index contributed by atoms with van der Waals surface area (Å²) < 4.78 is 15.5. The molecule has 0 aromatic rings. The highest BCUT2D eigenvalue weighted by Gasteiger charge is 1.88. The zero-order chi connectivity index (χ0) is 9.07. The Kier molecular flexibility index (Phi) is 10.8. The molecule has 0 aliphatic rings. The SMILES string of the molecule is CCOCCCOCCOCC. The molecule has 0 spiro atoms. The molecule has 0 heterocycles. The first-order valence-corrected chi connectivity index (χ1v) is 4.65. The molecule has 74 valence electrons. The van der Waals surface area contributed by atoms with Gasteiger partial charge in [-0.15, -0.1) is 0 Å². The summed E-state index contributed by atoms with van der Waals surface area (Å²) in [6, 6.07) is 0. The lowest BCUT2D eigenvalue weighted by Crippen LogP contribution is -2.06. The van der Waals surface area contributed by atoms with Crippen LogP contribution in [0.15, 0.2) is 0 Å². The molecule has 0 fully saturated rings. The highest BCUT2D eigenvalue weighted by molar-refractivity contribution is 4.34. The van der Waals surface area contributed by atoms with Gasteiger partial charge in [0, 0.05) is 26.4 Å². The van der Waals surface area contributed by atoms with Crippen LogP contribution in [0.1, 0.15) is 20.3 Å². The lowest BCUT2D eigenvalue weighted by molar-refractivity contribution is 0.0406. The summed E-state index contributed by atoms with van der Waals surface area (Å²) in [5.74, 6) is 0. The van der Waals surface area contributed by atoms with Gasteiger partial charge >= 0.3 is 0 Å². The minimum absolute atomic E-state index is 0.694. The van der Waals surface area contributed by atoms with Gasteiger partial charge in [0.15, 0.2) is 0 Å². The van der Waals surface area contributed by atoms with E-state index >= 15 is 0 Å². The van der Waals surface area contributed by atoms with E-state index < -0.39 is 0 Å². The van der Waals surface area contributed by atoms with Gasteiger partial charge in [0.05, 0.1) is 13.2 Å². The minimum atomic E-state index is 0.694. The van der Waals surface area contributed by atoms with Crippen molar-refractivity contribution in [3.63, 3.8) is 0 Å². The third-order valence-electron chi connectivity index (χ3n) is 1.36. The maximum atomic E-state index is 5.28. The summed E-state index contributed by atoms with van der Waals surface area (Å²) in [6.45, 7) is 8.50. The topological polar surface area (TPSA) is 27.7 Å². The van der Waals surface area contributed by atoms with Crippen molar-refractivity contribution in [1.82, 2.24) is 0 Å². The first kappa shape index (κ1) is 11.9. The molecule has 0 unspecified atom stereocenters. The second kappa shape index (κ2) is 10.9. The fraction of sp³-hybridized carbons (Fsp3) is 1.00. The quantitative estimate of drug-likeness (QED) is 0.498. The molecule has 0 bridgehead atoms. The van der Waals surface area contributed by atoms with Crippen LogP contribution in [0.4, 0.5) is 0 Å². The van der Waals surface area contributed by atoms with Crippen molar-refractivity contribution in [3.8, 4) is 0 Å². The largest absolute Gasteiger partial charge is 0.382 e. The molecule has 0 radical (unpaired) electrons. The Bertz CT molecular complexity index is 66.2. The van der Waals surface area contributed by atoms with Crippen LogP contribution in [0.25, 0.3) is 0 Å². The number of hydrogen-bond acceptors (Lipinski definition) is 3. The fourth-order valence-electron chi connectivity index (χ4n) is 0.772. The Balaban J connectivity index is 2.73. The first-order valence-electron chi connectivity index (χ1n) is 4.65. The van der Waals surface area contributed by atoms with Crippen LogP contribution in [-0.2, 0) is 14.2 Å². The molecular formula is C9H20O3. The third kappa shape index (κ3) is 9.88. The van der Waals surface area contributed by atoms with E-state index in [1.54, 1.807) is 0 Å². The smallest absolute Gasteiger partial charge is 0.0700 e. The molecule has 3 heteroatoms. The molecule has 0 aromatic heterocycles. The van der Waals surface area contributed by atoms with Gasteiger partial charge in [-0.25, -0.2) is 0 Å². The van der Waals surface area contributed by atoms with Crippen LogP contribution < -0.4 is 0 Å². The molecule has 3 nitrogen and oxygen atoms in total. The molecule has 0 N–H and O–H groups in total. The molecular weight excluding hydrogens is 156 g/mol. The lowest BCUT2D eigenvalue weighted by atomic mass is 10.5. The summed E-state index contributed by atoms with van der Waals surface area (Å²) >= 11 is 0. The Labute approximate surface area is 75.0 Å². The molecule has 0 saturated carbocycles. The zero-order valence-corrected chi connectivity index (χ0v) is 8.17. The Morgan fingerprint density at radius 3 is 1.83 bits per heavy atom. The van der Waals surface area contributed by atoms with Crippen LogP contribution >= 0.6 is 0 Å². The van der Waals surface area contributed by atoms with E-state index in [4.69, 9.17) is 14.2 Å². The summed E-state index contributed by atoms with van der Waals surface area (Å²) in [7, 11) is 0. The fourth-order valence-corrected chi connectivity index (χ4v) is 0.772. The van der Waals surface area contributed by atoms with Gasteiger partial charge in [-0.05, 0) is 20.3 Å². The Morgan fingerprint density at radius 2 is 1.17 bits per heavy atom. The highest BCUT2D eigenvalue weighted by atomic mass is 16.5. The average Bonchev–Trinajstić information content (AvgIpc) is 2.10. The van der Waals surface area contributed by atoms with E-state index in [2.05, 4.69) is 0 Å². The van der Waals surface area contributed by atoms with Crippen LogP contribution in [0, 0.1) is 0 Å². The van der Waals surface area contributed by atoms with Gasteiger partial charge in [0.25, 0.3) is 0 Å². The molecule has 0 aliphatic carbocycles. The standard InChI is InChI=1S/C9H20O3/c1-3-10-6-5-7-12-9-8-11-4-2/h3-9H2,1-2H3. The molecule has 0 atom stereocenters. The van der Waals surface area contributed by atoms with Crippen molar-refractivity contribution >= 4 is 0 Å². The van der Waals surface area contributed by atoms with Crippen molar-refractivity contribution in [2.75, 3.05) is 39.6 Å². The third-order valence-corrected chi connectivity index (χ3v) is 1.36. The molecule has 0 amide bonds. The lowest BCUT2D eigenvalue weighted by Gasteiger charge is -2.03. The normalized spacial score (nSPS) is 10.5. The molecule has 12 heavy (non-hydrogen) atoms. The van der Waals surface area contributed by atoms with Crippen molar-refractivity contribution in [2.24, 2.45) is 0 Å². The van der Waals surface area contributed by atoms with Gasteiger partial charge in [0.1, 0.15) is 0 Å². The highest BCUT2D eigenvalue weighted by Crippen LogP contribution is 1.85. The van der Waals surface area contributed by atoms with E-state index in [0.29, 0.717) is 13.2 Å². The first-order chi connectivity index (χ1) is 5.91. The van der Waals surface area contributed by atoms with Crippen molar-refractivity contribution < 1.29 is 14.2 Å². The van der Waals surface area contributed by atoms with E-state index in [0.717, 1.165) is 32.8 Å². The second-order valence-electron chi connectivity index (χ2n) is 2.36. The van der Waals surface area contributed by atoms with Crippen molar-refractivity contribution in [3.05, 3.63) is 0 Å². The van der Waals surface area contributed by atoms with E-state index in [1.807, 2.05) is 13.8 Å². The predicted molar refractivity (Wildman–Crippen MR) is 48.4 cm³/mol. The van der Waals surface area contributed by atoms with E-state index in [1.165, 1.54) is 0 Å². The molecule has 0 aromatic carbocycles. The predicted octanol–water partition coefficient (Wildman–Crippen LogP) is 1.47. The van der Waals surface area contributed by atoms with Gasteiger partial charge in [0.2, 0.25) is 0 Å². The van der Waals surface area contributed by atoms with Crippen molar-refractivity contribution in [2.45, 2.75) is 20.3 Å². The summed E-state index contributed by atoms with van der Waals surface area (Å²) in [6.07, 6.45) is 0.972. The maximum absolute atomic E-state index is 5.28. The number of ether oxygens (including phenoxy) is 3. The summed E-state index contributed by atoms with van der Waals surface area (Å²) in [4.78, 5) is 0. The van der Waals surface area contributed by atoms with Crippen LogP contribution in [0.3, 0.4) is 0 Å². The monoisotopic (exact) mass is 176 g/mol. The number of hydrogen-bond donors (Lipinski definition) is 0. The van der Waals surface area contributed by atoms with Crippen molar-refractivity contribution in [1.29, 1.82) is 0 Å². The molecule has 0 aliphatic heterocycles. The van der Waals surface area contributed by atoms with Gasteiger partial charge in [-0.3, -0.25) is 0 Å². The second-order valence-corrected chi connectivity index (χ2v) is 2.36. The van der Waals surface area contributed by atoms with Gasteiger partial charge in [-0.1, -0.05) is 0 Å². The minimum Gasteiger partial charge on any atom is -0.382 e. The molecule has 0 saturated heterocycles. The molecule has 0 rings (SSSR count). The van der Waals surface area contributed by atoms with Gasteiger partial charge < -0.3 is 14.2 Å². The average molecular weight is 176 g/mol. The van der Waals surface area contributed by atoms with Crippen LogP contribution in [-0.4, -0.2) is 39.6 Å². The Hall–Kier alpha value is -0.120.